The highest BCUT2D eigenvalue weighted by molar-refractivity contribution is 7.90. The Kier molecular flexibility index (Phi) is 5.42. The number of rotatable bonds is 6. The molecule has 0 saturated heterocycles. The van der Waals surface area contributed by atoms with Gasteiger partial charge in [-0.25, -0.2) is 13.2 Å². The summed E-state index contributed by atoms with van der Waals surface area (Å²) in [6, 6.07) is 13.6. The lowest BCUT2D eigenvalue weighted by Crippen LogP contribution is -2.48. The molecular weight excluding hydrogens is 382 g/mol. The summed E-state index contributed by atoms with van der Waals surface area (Å²) in [5.41, 5.74) is 0.347. The van der Waals surface area contributed by atoms with Crippen LogP contribution < -0.4 is 10.1 Å². The monoisotopic (exact) mass is 403 g/mol. The van der Waals surface area contributed by atoms with E-state index in [1.165, 1.54) is 0 Å². The van der Waals surface area contributed by atoms with E-state index in [-0.39, 0.29) is 18.8 Å². The van der Waals surface area contributed by atoms with Crippen LogP contribution in [0.25, 0.3) is 0 Å². The lowest BCUT2D eigenvalue weighted by atomic mass is 9.89. The zero-order chi connectivity index (χ0) is 20.4. The van der Waals surface area contributed by atoms with E-state index in [1.54, 1.807) is 49.4 Å². The number of benzene rings is 2. The van der Waals surface area contributed by atoms with Gasteiger partial charge in [0.2, 0.25) is 0 Å². The van der Waals surface area contributed by atoms with Crippen LogP contribution in [-0.4, -0.2) is 44.5 Å². The van der Waals surface area contributed by atoms with E-state index < -0.39 is 27.3 Å². The fraction of sp³-hybridized carbons (Fsp3) is 0.300. The molecule has 0 aliphatic carbocycles. The van der Waals surface area contributed by atoms with Gasteiger partial charge >= 0.3 is 5.97 Å². The van der Waals surface area contributed by atoms with E-state index in [9.17, 15) is 18.0 Å². The number of fused-ring (bicyclic) bond motifs is 1. The number of hydrogen-bond acceptors (Lipinski definition) is 6. The van der Waals surface area contributed by atoms with E-state index in [2.05, 4.69) is 5.32 Å². The summed E-state index contributed by atoms with van der Waals surface area (Å²) in [6.07, 6.45) is 1.41. The average Bonchev–Trinajstić information content (AvgIpc) is 2.61. The first-order valence-electron chi connectivity index (χ1n) is 8.70. The molecule has 0 aromatic heterocycles. The molecule has 1 N–H and O–H groups in total. The summed E-state index contributed by atoms with van der Waals surface area (Å²) < 4.78 is 33.2. The molecule has 1 amide bonds. The largest absolute Gasteiger partial charge is 0.492 e. The fourth-order valence-electron chi connectivity index (χ4n) is 2.90. The Morgan fingerprint density at radius 2 is 1.96 bits per heavy atom. The van der Waals surface area contributed by atoms with Crippen molar-refractivity contribution in [3.05, 3.63) is 59.7 Å². The smallest absolute Gasteiger partial charge is 0.339 e. The molecule has 3 rings (SSSR count). The van der Waals surface area contributed by atoms with Crippen molar-refractivity contribution in [2.24, 2.45) is 0 Å². The van der Waals surface area contributed by atoms with E-state index in [4.69, 9.17) is 9.47 Å². The highest BCUT2D eigenvalue weighted by Gasteiger charge is 2.42. The van der Waals surface area contributed by atoms with Crippen LogP contribution >= 0.6 is 0 Å². The summed E-state index contributed by atoms with van der Waals surface area (Å²) in [5, 5.41) is 2.74. The van der Waals surface area contributed by atoms with Crippen molar-refractivity contribution in [3.8, 4) is 5.75 Å². The molecule has 7 nitrogen and oxygen atoms in total. The van der Waals surface area contributed by atoms with Gasteiger partial charge in [-0.05, 0) is 30.7 Å². The van der Waals surface area contributed by atoms with Gasteiger partial charge in [0.15, 0.2) is 15.4 Å². The maximum Gasteiger partial charge on any atom is 0.339 e. The standard InChI is InChI=1S/C20H21NO6S/c1-20(13-14-6-3-4-9-17(14)18(22)27-20)19(23)21-15-7-5-8-16(12-15)26-10-11-28(2,24)25/h3-9,12H,10-11,13H2,1-2H3,(H,21,23). The quantitative estimate of drug-likeness (QED) is 0.743. The maximum absolute atomic E-state index is 12.8. The van der Waals surface area contributed by atoms with Gasteiger partial charge in [-0.15, -0.1) is 0 Å². The van der Waals surface area contributed by atoms with Crippen LogP contribution in [0.1, 0.15) is 22.8 Å². The number of esters is 1. The number of hydrogen-bond donors (Lipinski definition) is 1. The molecule has 0 radical (unpaired) electrons. The van der Waals surface area contributed by atoms with E-state index in [0.29, 0.717) is 17.0 Å². The number of anilines is 1. The maximum atomic E-state index is 12.8. The number of carbonyl (C=O) groups excluding carboxylic acids is 2. The van der Waals surface area contributed by atoms with Gasteiger partial charge in [-0.1, -0.05) is 24.3 Å². The second kappa shape index (κ2) is 7.63. The Morgan fingerprint density at radius 3 is 2.71 bits per heavy atom. The summed E-state index contributed by atoms with van der Waals surface area (Å²) in [4.78, 5) is 25.0. The molecule has 2 aromatic rings. The minimum absolute atomic E-state index is 0.0162. The van der Waals surface area contributed by atoms with Gasteiger partial charge in [-0.3, -0.25) is 4.79 Å². The van der Waals surface area contributed by atoms with Gasteiger partial charge < -0.3 is 14.8 Å². The van der Waals surface area contributed by atoms with Crippen molar-refractivity contribution in [3.63, 3.8) is 0 Å². The molecule has 0 spiro atoms. The Labute approximate surface area is 163 Å². The zero-order valence-electron chi connectivity index (χ0n) is 15.6. The molecule has 1 atom stereocenters. The topological polar surface area (TPSA) is 98.8 Å². The Balaban J connectivity index is 1.69. The summed E-state index contributed by atoms with van der Waals surface area (Å²) in [7, 11) is -3.12. The predicted octanol–water partition coefficient (Wildman–Crippen LogP) is 2.22. The van der Waals surface area contributed by atoms with Crippen molar-refractivity contribution < 1.29 is 27.5 Å². The molecule has 0 bridgehead atoms. The van der Waals surface area contributed by atoms with Crippen molar-refractivity contribution in [1.82, 2.24) is 0 Å². The molecule has 0 saturated carbocycles. The third-order valence-electron chi connectivity index (χ3n) is 4.38. The molecule has 8 heteroatoms. The second-order valence-electron chi connectivity index (χ2n) is 6.91. The van der Waals surface area contributed by atoms with Gasteiger partial charge in [0, 0.05) is 24.4 Å². The fourth-order valence-corrected chi connectivity index (χ4v) is 3.28. The number of nitrogens with one attached hydrogen (secondary N) is 1. The highest BCUT2D eigenvalue weighted by atomic mass is 32.2. The number of amides is 1. The molecule has 1 unspecified atom stereocenters. The van der Waals surface area contributed by atoms with Crippen LogP contribution in [0.4, 0.5) is 5.69 Å². The van der Waals surface area contributed by atoms with Gasteiger partial charge in [-0.2, -0.15) is 0 Å². The minimum atomic E-state index is -3.12. The van der Waals surface area contributed by atoms with Crippen molar-refractivity contribution >= 4 is 27.4 Å². The van der Waals surface area contributed by atoms with Crippen molar-refractivity contribution in [1.29, 1.82) is 0 Å². The first kappa shape index (κ1) is 19.9. The molecule has 1 heterocycles. The van der Waals surface area contributed by atoms with E-state index >= 15 is 0 Å². The highest BCUT2D eigenvalue weighted by Crippen LogP contribution is 2.29. The summed E-state index contributed by atoms with van der Waals surface area (Å²) >= 11 is 0. The van der Waals surface area contributed by atoms with Crippen molar-refractivity contribution in [2.45, 2.75) is 18.9 Å². The van der Waals surface area contributed by atoms with Gasteiger partial charge in [0.05, 0.1) is 11.3 Å². The molecule has 1 aliphatic rings. The summed E-state index contributed by atoms with van der Waals surface area (Å²) in [6.45, 7) is 1.59. The number of sulfone groups is 1. The van der Waals surface area contributed by atoms with Crippen LogP contribution in [0.2, 0.25) is 0 Å². The Bertz CT molecular complexity index is 1020. The predicted molar refractivity (Wildman–Crippen MR) is 104 cm³/mol. The lowest BCUT2D eigenvalue weighted by molar-refractivity contribution is -0.134. The SMILES string of the molecule is CC1(C(=O)Nc2cccc(OCCS(C)(=O)=O)c2)Cc2ccccc2C(=O)O1. The van der Waals surface area contributed by atoms with E-state index in [1.807, 2.05) is 6.07 Å². The van der Waals surface area contributed by atoms with Crippen LogP contribution in [0.5, 0.6) is 5.75 Å². The Morgan fingerprint density at radius 1 is 1.21 bits per heavy atom. The number of ether oxygens (including phenoxy) is 2. The first-order chi connectivity index (χ1) is 13.2. The van der Waals surface area contributed by atoms with Crippen LogP contribution in [-0.2, 0) is 25.8 Å². The number of carbonyl (C=O) groups is 2. The summed E-state index contributed by atoms with van der Waals surface area (Å²) in [5.74, 6) is -0.657. The lowest BCUT2D eigenvalue weighted by Gasteiger charge is -2.33. The van der Waals surface area contributed by atoms with Crippen LogP contribution in [0, 0.1) is 0 Å². The van der Waals surface area contributed by atoms with Crippen LogP contribution in [0.15, 0.2) is 48.5 Å². The van der Waals surface area contributed by atoms with E-state index in [0.717, 1.165) is 11.8 Å². The zero-order valence-corrected chi connectivity index (χ0v) is 16.4. The van der Waals surface area contributed by atoms with Crippen LogP contribution in [0.3, 0.4) is 0 Å². The molecule has 148 valence electrons. The third kappa shape index (κ3) is 4.69. The number of cyclic esters (lactones) is 1. The van der Waals surface area contributed by atoms with Crippen molar-refractivity contribution in [2.75, 3.05) is 23.9 Å². The minimum Gasteiger partial charge on any atom is -0.492 e. The second-order valence-corrected chi connectivity index (χ2v) is 9.17. The molecule has 0 fully saturated rings. The Hall–Kier alpha value is -2.87. The third-order valence-corrected chi connectivity index (χ3v) is 5.29. The van der Waals surface area contributed by atoms with Gasteiger partial charge in [0.25, 0.3) is 5.91 Å². The molecule has 28 heavy (non-hydrogen) atoms. The average molecular weight is 403 g/mol. The molecular formula is C20H21NO6S. The first-order valence-corrected chi connectivity index (χ1v) is 10.8. The normalized spacial score (nSPS) is 18.7. The molecule has 1 aliphatic heterocycles. The molecule has 2 aromatic carbocycles. The van der Waals surface area contributed by atoms with Gasteiger partial charge in [0.1, 0.15) is 12.4 Å².